The Hall–Kier alpha value is -0.920. The van der Waals surface area contributed by atoms with Gasteiger partial charge in [-0.1, -0.05) is 13.5 Å². The summed E-state index contributed by atoms with van der Waals surface area (Å²) in [5, 5.41) is -0.835. The standard InChI is InChI=1S/C11H21NO5S/c1-6-10(18(14,15)16)7-8-12(4,5)17-11(13)9(2)3/h10H,2,6-8H2,1,3-5H3/p+1. The van der Waals surface area contributed by atoms with Crippen LogP contribution in [0.4, 0.5) is 0 Å². The summed E-state index contributed by atoms with van der Waals surface area (Å²) in [6, 6.07) is 0. The first kappa shape index (κ1) is 17.1. The minimum atomic E-state index is -4.05. The Kier molecular flexibility index (Phi) is 5.98. The van der Waals surface area contributed by atoms with Crippen molar-refractivity contribution >= 4 is 16.1 Å². The van der Waals surface area contributed by atoms with Crippen molar-refractivity contribution < 1.29 is 27.2 Å². The van der Waals surface area contributed by atoms with Crippen LogP contribution in [0.3, 0.4) is 0 Å². The SMILES string of the molecule is C=C(C)C(=O)O[N+](C)(C)CCC(CC)S(=O)(=O)O. The molecule has 1 N–H and O–H groups in total. The monoisotopic (exact) mass is 280 g/mol. The average Bonchev–Trinajstić information content (AvgIpc) is 2.15. The molecule has 0 bridgehead atoms. The van der Waals surface area contributed by atoms with Gasteiger partial charge in [-0.05, 0) is 13.3 Å². The van der Waals surface area contributed by atoms with Crippen molar-refractivity contribution in [2.24, 2.45) is 0 Å². The Labute approximate surface area is 109 Å². The number of quaternary nitrogens is 1. The van der Waals surface area contributed by atoms with Gasteiger partial charge in [0, 0.05) is 12.0 Å². The van der Waals surface area contributed by atoms with Crippen molar-refractivity contribution in [2.75, 3.05) is 20.6 Å². The van der Waals surface area contributed by atoms with E-state index in [1.807, 2.05) is 0 Å². The Bertz CT molecular complexity index is 413. The Morgan fingerprint density at radius 3 is 2.28 bits per heavy atom. The lowest BCUT2D eigenvalue weighted by Crippen LogP contribution is -2.44. The first-order valence-corrected chi connectivity index (χ1v) is 7.18. The first-order chi connectivity index (χ1) is 7.99. The van der Waals surface area contributed by atoms with Crippen molar-refractivity contribution in [1.29, 1.82) is 0 Å². The molecule has 0 fully saturated rings. The van der Waals surface area contributed by atoms with Crippen molar-refractivity contribution in [1.82, 2.24) is 0 Å². The summed E-state index contributed by atoms with van der Waals surface area (Å²) in [6.45, 7) is 6.97. The topological polar surface area (TPSA) is 80.7 Å². The second kappa shape index (κ2) is 6.31. The Morgan fingerprint density at radius 1 is 1.44 bits per heavy atom. The molecule has 0 aromatic rings. The van der Waals surface area contributed by atoms with E-state index in [2.05, 4.69) is 6.58 Å². The Morgan fingerprint density at radius 2 is 1.94 bits per heavy atom. The number of nitrogens with zero attached hydrogens (tertiary/aromatic N) is 1. The van der Waals surface area contributed by atoms with Crippen LogP contribution >= 0.6 is 0 Å². The lowest BCUT2D eigenvalue weighted by molar-refractivity contribution is -1.06. The van der Waals surface area contributed by atoms with E-state index in [4.69, 9.17) is 9.39 Å². The zero-order valence-electron chi connectivity index (χ0n) is 11.3. The van der Waals surface area contributed by atoms with Crippen LogP contribution in [0.2, 0.25) is 0 Å². The molecule has 0 heterocycles. The molecule has 0 aromatic carbocycles. The predicted molar refractivity (Wildman–Crippen MR) is 68.1 cm³/mol. The van der Waals surface area contributed by atoms with E-state index in [0.29, 0.717) is 6.42 Å². The fraction of sp³-hybridized carbons (Fsp3) is 0.727. The van der Waals surface area contributed by atoms with Crippen LogP contribution in [0.1, 0.15) is 26.7 Å². The molecule has 7 heteroatoms. The Balaban J connectivity index is 4.51. The third-order valence-electron chi connectivity index (χ3n) is 2.54. The largest absolute Gasteiger partial charge is 0.392 e. The molecule has 6 nitrogen and oxygen atoms in total. The number of hydroxylamine groups is 3. The minimum Gasteiger partial charge on any atom is -0.285 e. The molecule has 0 aliphatic heterocycles. The van der Waals surface area contributed by atoms with Crippen molar-refractivity contribution in [2.45, 2.75) is 31.9 Å². The number of carbonyl (C=O) groups excluding carboxylic acids is 1. The summed E-state index contributed by atoms with van der Waals surface area (Å²) in [4.78, 5) is 16.5. The van der Waals surface area contributed by atoms with E-state index in [1.54, 1.807) is 21.0 Å². The molecule has 0 saturated heterocycles. The molecular weight excluding hydrogens is 258 g/mol. The summed E-state index contributed by atoms with van der Waals surface area (Å²) >= 11 is 0. The van der Waals surface area contributed by atoms with Crippen LogP contribution in [-0.2, 0) is 19.8 Å². The van der Waals surface area contributed by atoms with Gasteiger partial charge in [0.25, 0.3) is 10.1 Å². The highest BCUT2D eigenvalue weighted by molar-refractivity contribution is 7.86. The highest BCUT2D eigenvalue weighted by Gasteiger charge is 2.28. The van der Waals surface area contributed by atoms with Crippen molar-refractivity contribution in [3.05, 3.63) is 12.2 Å². The minimum absolute atomic E-state index is 0.113. The van der Waals surface area contributed by atoms with E-state index in [0.717, 1.165) is 0 Å². The van der Waals surface area contributed by atoms with E-state index < -0.39 is 21.3 Å². The van der Waals surface area contributed by atoms with Gasteiger partial charge < -0.3 is 0 Å². The van der Waals surface area contributed by atoms with E-state index in [9.17, 15) is 13.2 Å². The van der Waals surface area contributed by atoms with Crippen LogP contribution in [0.25, 0.3) is 0 Å². The first-order valence-electron chi connectivity index (χ1n) is 5.68. The molecule has 0 radical (unpaired) electrons. The highest BCUT2D eigenvalue weighted by Crippen LogP contribution is 2.13. The molecule has 0 aromatic heterocycles. The van der Waals surface area contributed by atoms with Crippen LogP contribution < -0.4 is 0 Å². The number of rotatable bonds is 7. The van der Waals surface area contributed by atoms with Crippen molar-refractivity contribution in [3.63, 3.8) is 0 Å². The van der Waals surface area contributed by atoms with Gasteiger partial charge in [0.05, 0.1) is 5.25 Å². The molecule has 1 unspecified atom stereocenters. The lowest BCUT2D eigenvalue weighted by Gasteiger charge is -2.27. The van der Waals surface area contributed by atoms with Gasteiger partial charge in [-0.15, -0.1) is 4.65 Å². The summed E-state index contributed by atoms with van der Waals surface area (Å²) in [7, 11) is -0.777. The third-order valence-corrected chi connectivity index (χ3v) is 3.96. The lowest BCUT2D eigenvalue weighted by atomic mass is 10.2. The zero-order valence-corrected chi connectivity index (χ0v) is 12.2. The van der Waals surface area contributed by atoms with E-state index >= 15 is 0 Å². The maximum absolute atomic E-state index is 11.4. The normalized spacial score (nSPS) is 14.1. The molecule has 0 rings (SSSR count). The van der Waals surface area contributed by atoms with E-state index in [1.165, 1.54) is 6.92 Å². The van der Waals surface area contributed by atoms with Crippen LogP contribution in [0, 0.1) is 0 Å². The van der Waals surface area contributed by atoms with Crippen LogP contribution in [0.5, 0.6) is 0 Å². The smallest absolute Gasteiger partial charge is 0.285 e. The number of carbonyl (C=O) groups is 1. The summed E-state index contributed by atoms with van der Waals surface area (Å²) in [5.41, 5.74) is 0.281. The van der Waals surface area contributed by atoms with E-state index in [-0.39, 0.29) is 23.2 Å². The van der Waals surface area contributed by atoms with Gasteiger partial charge in [0.15, 0.2) is 0 Å². The molecule has 0 spiro atoms. The molecular formula is C11H22NO5S+. The number of hydrogen-bond acceptors (Lipinski definition) is 4. The predicted octanol–water partition coefficient (Wildman–Crippen LogP) is 1.15. The molecule has 0 saturated carbocycles. The van der Waals surface area contributed by atoms with Gasteiger partial charge in [-0.25, -0.2) is 4.79 Å². The fourth-order valence-corrected chi connectivity index (χ4v) is 2.19. The quantitative estimate of drug-likeness (QED) is 0.327. The maximum atomic E-state index is 11.4. The molecule has 1 atom stereocenters. The second-order valence-electron chi connectivity index (χ2n) is 4.79. The summed E-state index contributed by atoms with van der Waals surface area (Å²) in [5.74, 6) is -0.528. The van der Waals surface area contributed by atoms with Crippen molar-refractivity contribution in [3.8, 4) is 0 Å². The van der Waals surface area contributed by atoms with Gasteiger partial charge >= 0.3 is 5.97 Å². The number of hydrogen-bond donors (Lipinski definition) is 1. The fourth-order valence-electron chi connectivity index (χ4n) is 1.37. The third kappa shape index (κ3) is 6.13. The van der Waals surface area contributed by atoms with Crippen LogP contribution in [0.15, 0.2) is 12.2 Å². The molecule has 18 heavy (non-hydrogen) atoms. The molecule has 0 amide bonds. The molecule has 0 aliphatic carbocycles. The highest BCUT2D eigenvalue weighted by atomic mass is 32.2. The molecule has 106 valence electrons. The van der Waals surface area contributed by atoms with Crippen LogP contribution in [-0.4, -0.2) is 49.5 Å². The van der Waals surface area contributed by atoms with Gasteiger partial charge in [0.1, 0.15) is 20.6 Å². The summed E-state index contributed by atoms with van der Waals surface area (Å²) < 4.78 is 30.9. The maximum Gasteiger partial charge on any atom is 0.392 e. The zero-order chi connectivity index (χ0) is 14.6. The van der Waals surface area contributed by atoms with Gasteiger partial charge in [-0.3, -0.25) is 9.39 Å². The van der Waals surface area contributed by atoms with Gasteiger partial charge in [-0.2, -0.15) is 8.42 Å². The second-order valence-corrected chi connectivity index (χ2v) is 6.49. The average molecular weight is 280 g/mol. The van der Waals surface area contributed by atoms with Gasteiger partial charge in [0.2, 0.25) is 0 Å². The summed E-state index contributed by atoms with van der Waals surface area (Å²) in [6.07, 6.45) is 0.527. The molecule has 0 aliphatic rings.